The second kappa shape index (κ2) is 8.38. The fourth-order valence-electron chi connectivity index (χ4n) is 2.74. The molecule has 22 heavy (non-hydrogen) atoms. The highest BCUT2D eigenvalue weighted by atomic mass is 16.5. The first-order valence-electron chi connectivity index (χ1n) is 7.75. The molecule has 0 aliphatic heterocycles. The summed E-state index contributed by atoms with van der Waals surface area (Å²) in [5.74, 6) is -0.578. The van der Waals surface area contributed by atoms with Gasteiger partial charge in [0.15, 0.2) is 0 Å². The third-order valence-electron chi connectivity index (χ3n) is 3.91. The van der Waals surface area contributed by atoms with E-state index in [9.17, 15) is 4.79 Å². The van der Waals surface area contributed by atoms with Gasteiger partial charge in [-0.1, -0.05) is 43.7 Å². The van der Waals surface area contributed by atoms with Crippen molar-refractivity contribution in [3.63, 3.8) is 0 Å². The second-order valence-electron chi connectivity index (χ2n) is 6.09. The van der Waals surface area contributed by atoms with Crippen LogP contribution < -0.4 is 0 Å². The maximum Gasteiger partial charge on any atom is 0.348 e. The molecule has 1 aliphatic rings. The predicted molar refractivity (Wildman–Crippen MR) is 88.9 cm³/mol. The summed E-state index contributed by atoms with van der Waals surface area (Å²) in [4.78, 5) is 11.4. The van der Waals surface area contributed by atoms with E-state index in [4.69, 9.17) is 10.00 Å². The van der Waals surface area contributed by atoms with Crippen LogP contribution in [0.3, 0.4) is 0 Å². The average molecular weight is 299 g/mol. The van der Waals surface area contributed by atoms with Gasteiger partial charge in [-0.05, 0) is 50.2 Å². The van der Waals surface area contributed by atoms with Crippen LogP contribution in [0.4, 0.5) is 0 Å². The molecule has 0 atom stereocenters. The molecule has 0 fully saturated rings. The van der Waals surface area contributed by atoms with Crippen LogP contribution in [0.5, 0.6) is 0 Å². The minimum atomic E-state index is -0.578. The summed E-state index contributed by atoms with van der Waals surface area (Å²) in [6.07, 6.45) is 12.7. The largest absolute Gasteiger partial charge is 0.462 e. The number of esters is 1. The van der Waals surface area contributed by atoms with Crippen molar-refractivity contribution < 1.29 is 9.53 Å². The van der Waals surface area contributed by atoms with Gasteiger partial charge in [-0.3, -0.25) is 0 Å². The maximum absolute atomic E-state index is 11.4. The lowest BCUT2D eigenvalue weighted by molar-refractivity contribution is -0.138. The Morgan fingerprint density at radius 1 is 1.36 bits per heavy atom. The van der Waals surface area contributed by atoms with Crippen LogP contribution in [0.15, 0.2) is 47.1 Å². The van der Waals surface area contributed by atoms with Crippen molar-refractivity contribution >= 4 is 5.97 Å². The van der Waals surface area contributed by atoms with E-state index in [1.807, 2.05) is 18.2 Å². The normalized spacial score (nSPS) is 18.8. The summed E-state index contributed by atoms with van der Waals surface area (Å²) < 4.78 is 4.80. The molecule has 0 bridgehead atoms. The molecule has 0 heterocycles. The lowest BCUT2D eigenvalue weighted by Crippen LogP contribution is -2.18. The molecule has 0 aromatic rings. The number of hydrogen-bond donors (Lipinski definition) is 0. The molecule has 0 saturated heterocycles. The minimum absolute atomic E-state index is 0.0138. The standard InChI is InChI=1S/C19H25NO2/c1-5-22-18(21)16(14-20)11-7-6-8-12-17-15(2)10-9-13-19(17,3)4/h6-8,11-12H,5,9-10,13H2,1-4H3/b7-6+,12-8+,16-11+. The van der Waals surface area contributed by atoms with Crippen LogP contribution in [0.25, 0.3) is 0 Å². The third-order valence-corrected chi connectivity index (χ3v) is 3.91. The zero-order valence-corrected chi connectivity index (χ0v) is 14.0. The number of ether oxygens (including phenoxy) is 1. The van der Waals surface area contributed by atoms with Gasteiger partial charge >= 0.3 is 5.97 Å². The molecule has 0 amide bonds. The molecule has 0 aromatic carbocycles. The molecular formula is C19H25NO2. The summed E-state index contributed by atoms with van der Waals surface area (Å²) in [6.45, 7) is 8.72. The van der Waals surface area contributed by atoms with Crippen LogP contribution in [0, 0.1) is 16.7 Å². The first kappa shape index (κ1) is 18.0. The SMILES string of the molecule is CCOC(=O)/C(C#N)=C/C=C/C=C/C1=C(C)CCCC1(C)C. The van der Waals surface area contributed by atoms with E-state index in [-0.39, 0.29) is 17.6 Å². The van der Waals surface area contributed by atoms with Crippen LogP contribution in [-0.2, 0) is 9.53 Å². The van der Waals surface area contributed by atoms with Crippen molar-refractivity contribution in [2.75, 3.05) is 6.61 Å². The highest BCUT2D eigenvalue weighted by molar-refractivity contribution is 5.93. The van der Waals surface area contributed by atoms with Crippen LogP contribution in [0.1, 0.15) is 47.0 Å². The quantitative estimate of drug-likeness (QED) is 0.321. The van der Waals surface area contributed by atoms with E-state index in [1.165, 1.54) is 30.1 Å². The summed E-state index contributed by atoms with van der Waals surface area (Å²) in [7, 11) is 0. The summed E-state index contributed by atoms with van der Waals surface area (Å²) in [5, 5.41) is 8.91. The number of carbonyl (C=O) groups excluding carboxylic acids is 1. The Bertz CT molecular complexity index is 569. The Kier molecular flexibility index (Phi) is 6.85. The first-order chi connectivity index (χ1) is 10.4. The number of carbonyl (C=O) groups is 1. The van der Waals surface area contributed by atoms with Crippen molar-refractivity contribution in [3.05, 3.63) is 47.1 Å². The Morgan fingerprint density at radius 2 is 2.09 bits per heavy atom. The maximum atomic E-state index is 11.4. The van der Waals surface area contributed by atoms with Gasteiger partial charge < -0.3 is 4.74 Å². The molecule has 0 radical (unpaired) electrons. The fraction of sp³-hybridized carbons (Fsp3) is 0.474. The molecule has 3 nitrogen and oxygen atoms in total. The Balaban J connectivity index is 2.76. The van der Waals surface area contributed by atoms with Crippen molar-refractivity contribution in [2.45, 2.75) is 47.0 Å². The molecule has 118 valence electrons. The van der Waals surface area contributed by atoms with Gasteiger partial charge in [0.1, 0.15) is 11.6 Å². The molecule has 1 rings (SSSR count). The number of allylic oxidation sites excluding steroid dienone is 7. The Hall–Kier alpha value is -2.08. The van der Waals surface area contributed by atoms with Gasteiger partial charge in [0.25, 0.3) is 0 Å². The summed E-state index contributed by atoms with van der Waals surface area (Å²) >= 11 is 0. The average Bonchev–Trinajstić information content (AvgIpc) is 2.45. The van der Waals surface area contributed by atoms with Crippen molar-refractivity contribution in [2.24, 2.45) is 5.41 Å². The number of nitrogens with zero attached hydrogens (tertiary/aromatic N) is 1. The van der Waals surface area contributed by atoms with Crippen LogP contribution in [0.2, 0.25) is 0 Å². The molecule has 0 aromatic heterocycles. The van der Waals surface area contributed by atoms with E-state index in [0.29, 0.717) is 0 Å². The molecule has 0 saturated carbocycles. The van der Waals surface area contributed by atoms with E-state index in [0.717, 1.165) is 6.42 Å². The first-order valence-corrected chi connectivity index (χ1v) is 7.75. The lowest BCUT2D eigenvalue weighted by atomic mass is 9.73. The lowest BCUT2D eigenvalue weighted by Gasteiger charge is -2.32. The van der Waals surface area contributed by atoms with Gasteiger partial charge in [0, 0.05) is 0 Å². The van der Waals surface area contributed by atoms with Crippen molar-refractivity contribution in [1.82, 2.24) is 0 Å². The van der Waals surface area contributed by atoms with E-state index >= 15 is 0 Å². The third kappa shape index (κ3) is 5.04. The zero-order chi connectivity index (χ0) is 16.6. The van der Waals surface area contributed by atoms with Gasteiger partial charge in [-0.2, -0.15) is 5.26 Å². The minimum Gasteiger partial charge on any atom is -0.462 e. The van der Waals surface area contributed by atoms with Crippen molar-refractivity contribution in [1.29, 1.82) is 5.26 Å². The predicted octanol–water partition coefficient (Wildman–Crippen LogP) is 4.64. The fourth-order valence-corrected chi connectivity index (χ4v) is 2.74. The van der Waals surface area contributed by atoms with Gasteiger partial charge in [-0.15, -0.1) is 0 Å². The summed E-state index contributed by atoms with van der Waals surface area (Å²) in [6, 6.07) is 1.85. The molecule has 3 heteroatoms. The van der Waals surface area contributed by atoms with Gasteiger partial charge in [-0.25, -0.2) is 4.79 Å². The highest BCUT2D eigenvalue weighted by Gasteiger charge is 2.26. The van der Waals surface area contributed by atoms with E-state index in [1.54, 1.807) is 13.0 Å². The summed E-state index contributed by atoms with van der Waals surface area (Å²) in [5.41, 5.74) is 3.06. The number of nitriles is 1. The van der Waals surface area contributed by atoms with Gasteiger partial charge in [0.2, 0.25) is 0 Å². The molecule has 0 spiro atoms. The topological polar surface area (TPSA) is 50.1 Å². The zero-order valence-electron chi connectivity index (χ0n) is 14.0. The molecular weight excluding hydrogens is 274 g/mol. The smallest absolute Gasteiger partial charge is 0.348 e. The van der Waals surface area contributed by atoms with E-state index in [2.05, 4.69) is 26.8 Å². The van der Waals surface area contributed by atoms with Crippen molar-refractivity contribution in [3.8, 4) is 6.07 Å². The van der Waals surface area contributed by atoms with Crippen LogP contribution >= 0.6 is 0 Å². The molecule has 0 N–H and O–H groups in total. The molecule has 1 aliphatic carbocycles. The number of rotatable bonds is 5. The number of hydrogen-bond acceptors (Lipinski definition) is 3. The monoisotopic (exact) mass is 299 g/mol. The Labute approximate surface area is 133 Å². The Morgan fingerprint density at radius 3 is 2.68 bits per heavy atom. The van der Waals surface area contributed by atoms with E-state index < -0.39 is 5.97 Å². The molecule has 0 unspecified atom stereocenters. The highest BCUT2D eigenvalue weighted by Crippen LogP contribution is 2.40. The second-order valence-corrected chi connectivity index (χ2v) is 6.09. The van der Waals surface area contributed by atoms with Crippen LogP contribution in [-0.4, -0.2) is 12.6 Å². The van der Waals surface area contributed by atoms with Gasteiger partial charge in [0.05, 0.1) is 6.61 Å².